The zero-order valence-electron chi connectivity index (χ0n) is 16.6. The number of aryl methyl sites for hydroxylation is 2. The first-order chi connectivity index (χ1) is 13.5. The predicted octanol–water partition coefficient (Wildman–Crippen LogP) is 2.86. The van der Waals surface area contributed by atoms with E-state index in [1.807, 2.05) is 54.9 Å². The molecule has 0 bridgehead atoms. The molecule has 2 heterocycles. The molecule has 0 aliphatic carbocycles. The highest BCUT2D eigenvalue weighted by Gasteiger charge is 2.29. The normalized spacial score (nSPS) is 12.0. The van der Waals surface area contributed by atoms with Crippen molar-refractivity contribution in [3.05, 3.63) is 65.7 Å². The molecule has 0 fully saturated rings. The quantitative estimate of drug-likeness (QED) is 0.553. The van der Waals surface area contributed by atoms with Gasteiger partial charge in [0.1, 0.15) is 4.90 Å². The number of hydrogen-bond acceptors (Lipinski definition) is 4. The Morgan fingerprint density at radius 3 is 2.36 bits per heavy atom. The van der Waals surface area contributed by atoms with Gasteiger partial charge in [-0.05, 0) is 38.8 Å². The lowest BCUT2D eigenvalue weighted by Gasteiger charge is -2.22. The Morgan fingerprint density at radius 2 is 1.71 bits per heavy atom. The molecule has 2 aromatic heterocycles. The summed E-state index contributed by atoms with van der Waals surface area (Å²) in [5.41, 5.74) is 2.64. The summed E-state index contributed by atoms with van der Waals surface area (Å²) in [6, 6.07) is 11.8. The van der Waals surface area contributed by atoms with E-state index in [2.05, 4.69) is 10.2 Å². The molecule has 7 nitrogen and oxygen atoms in total. The number of hydrogen-bond donors (Lipinski definition) is 0. The van der Waals surface area contributed by atoms with E-state index in [0.717, 1.165) is 11.3 Å². The van der Waals surface area contributed by atoms with Gasteiger partial charge in [-0.2, -0.15) is 14.5 Å². The van der Waals surface area contributed by atoms with Crippen LogP contribution in [-0.4, -0.2) is 38.8 Å². The first-order valence-corrected chi connectivity index (χ1v) is 11.0. The molecule has 150 valence electrons. The van der Waals surface area contributed by atoms with Gasteiger partial charge in [-0.1, -0.05) is 30.3 Å². The number of rotatable bonds is 9. The highest BCUT2D eigenvalue weighted by atomic mass is 32.2. The van der Waals surface area contributed by atoms with E-state index in [0.29, 0.717) is 31.7 Å². The van der Waals surface area contributed by atoms with E-state index in [4.69, 9.17) is 0 Å². The maximum atomic E-state index is 13.5. The van der Waals surface area contributed by atoms with Crippen LogP contribution in [0.25, 0.3) is 0 Å². The van der Waals surface area contributed by atoms with Gasteiger partial charge >= 0.3 is 0 Å². The van der Waals surface area contributed by atoms with Crippen LogP contribution in [0.3, 0.4) is 0 Å². The van der Waals surface area contributed by atoms with Crippen LogP contribution in [-0.2, 0) is 36.1 Å². The maximum Gasteiger partial charge on any atom is 0.246 e. The first-order valence-electron chi connectivity index (χ1n) is 9.54. The Kier molecular flexibility index (Phi) is 6.31. The first kappa shape index (κ1) is 20.3. The molecule has 0 radical (unpaired) electrons. The molecule has 0 saturated carbocycles. The Balaban J connectivity index is 1.93. The molecular weight excluding hydrogens is 374 g/mol. The summed E-state index contributed by atoms with van der Waals surface area (Å²) < 4.78 is 32.0. The molecule has 3 rings (SSSR count). The molecule has 0 amide bonds. The largest absolute Gasteiger partial charge is 0.269 e. The summed E-state index contributed by atoms with van der Waals surface area (Å²) >= 11 is 0. The van der Waals surface area contributed by atoms with Gasteiger partial charge in [0.25, 0.3) is 0 Å². The second-order valence-corrected chi connectivity index (χ2v) is 8.53. The number of benzene rings is 1. The second kappa shape index (κ2) is 8.70. The van der Waals surface area contributed by atoms with Gasteiger partial charge in [0.05, 0.1) is 24.1 Å². The molecule has 0 unspecified atom stereocenters. The third-order valence-electron chi connectivity index (χ3n) is 4.91. The van der Waals surface area contributed by atoms with Gasteiger partial charge in [0.15, 0.2) is 0 Å². The third-order valence-corrected chi connectivity index (χ3v) is 6.86. The summed E-state index contributed by atoms with van der Waals surface area (Å²) in [6.45, 7) is 7.74. The van der Waals surface area contributed by atoms with Crippen LogP contribution in [0.2, 0.25) is 0 Å². The van der Waals surface area contributed by atoms with Crippen molar-refractivity contribution >= 4 is 10.0 Å². The minimum absolute atomic E-state index is 0.268. The van der Waals surface area contributed by atoms with Crippen molar-refractivity contribution < 1.29 is 8.42 Å². The molecule has 1 aromatic carbocycles. The fraction of sp³-hybridized carbons (Fsp3) is 0.400. The average Bonchev–Trinajstić information content (AvgIpc) is 3.31. The van der Waals surface area contributed by atoms with Crippen molar-refractivity contribution in [3.8, 4) is 0 Å². The Labute approximate surface area is 166 Å². The van der Waals surface area contributed by atoms with E-state index in [1.54, 1.807) is 17.8 Å². The van der Waals surface area contributed by atoms with Crippen LogP contribution in [0.15, 0.2) is 53.7 Å². The molecule has 3 aromatic rings. The average molecular weight is 402 g/mol. The van der Waals surface area contributed by atoms with Crippen LogP contribution >= 0.6 is 0 Å². The molecule has 28 heavy (non-hydrogen) atoms. The van der Waals surface area contributed by atoms with Crippen LogP contribution in [0.4, 0.5) is 0 Å². The van der Waals surface area contributed by atoms with Crippen LogP contribution in [0, 0.1) is 6.92 Å². The van der Waals surface area contributed by atoms with Crippen LogP contribution in [0.5, 0.6) is 0 Å². The van der Waals surface area contributed by atoms with Gasteiger partial charge in [-0.3, -0.25) is 9.36 Å². The van der Waals surface area contributed by atoms with Gasteiger partial charge in [-0.25, -0.2) is 8.42 Å². The maximum absolute atomic E-state index is 13.5. The lowest BCUT2D eigenvalue weighted by atomic mass is 10.1. The Morgan fingerprint density at radius 1 is 1.00 bits per heavy atom. The van der Waals surface area contributed by atoms with E-state index < -0.39 is 10.0 Å². The van der Waals surface area contributed by atoms with E-state index >= 15 is 0 Å². The van der Waals surface area contributed by atoms with E-state index in [9.17, 15) is 8.42 Å². The SMILES string of the molecule is CCn1nccc1CN(CCc1ccccc1)S(=O)(=O)c1cnn(CC)c1C. The second-order valence-electron chi connectivity index (χ2n) is 6.62. The van der Waals surface area contributed by atoms with Crippen LogP contribution in [0.1, 0.15) is 30.8 Å². The Hall–Kier alpha value is -2.45. The fourth-order valence-electron chi connectivity index (χ4n) is 3.28. The summed E-state index contributed by atoms with van der Waals surface area (Å²) in [5.74, 6) is 0. The zero-order valence-corrected chi connectivity index (χ0v) is 17.4. The highest BCUT2D eigenvalue weighted by Crippen LogP contribution is 2.22. The molecule has 0 atom stereocenters. The number of nitrogens with zero attached hydrogens (tertiary/aromatic N) is 5. The third kappa shape index (κ3) is 4.18. The Bertz CT molecular complexity index is 1010. The highest BCUT2D eigenvalue weighted by molar-refractivity contribution is 7.89. The minimum Gasteiger partial charge on any atom is -0.269 e. The molecule has 0 aliphatic heterocycles. The molecule has 0 spiro atoms. The summed E-state index contributed by atoms with van der Waals surface area (Å²) in [4.78, 5) is 0.268. The van der Waals surface area contributed by atoms with Crippen molar-refractivity contribution in [2.24, 2.45) is 0 Å². The lowest BCUT2D eigenvalue weighted by molar-refractivity contribution is 0.394. The van der Waals surface area contributed by atoms with E-state index in [-0.39, 0.29) is 11.4 Å². The van der Waals surface area contributed by atoms with Gasteiger partial charge < -0.3 is 0 Å². The number of sulfonamides is 1. The summed E-state index contributed by atoms with van der Waals surface area (Å²) in [5, 5.41) is 8.50. The van der Waals surface area contributed by atoms with Crippen molar-refractivity contribution in [2.45, 2.75) is 51.7 Å². The smallest absolute Gasteiger partial charge is 0.246 e. The summed E-state index contributed by atoms with van der Waals surface area (Å²) in [6.07, 6.45) is 3.81. The van der Waals surface area contributed by atoms with Crippen LogP contribution < -0.4 is 0 Å². The number of aromatic nitrogens is 4. The van der Waals surface area contributed by atoms with Crippen molar-refractivity contribution in [1.82, 2.24) is 23.9 Å². The van der Waals surface area contributed by atoms with Crippen molar-refractivity contribution in [1.29, 1.82) is 0 Å². The zero-order chi connectivity index (χ0) is 20.1. The van der Waals surface area contributed by atoms with Gasteiger partial charge in [0, 0.05) is 25.8 Å². The molecule has 0 N–H and O–H groups in total. The fourth-order valence-corrected chi connectivity index (χ4v) is 4.85. The van der Waals surface area contributed by atoms with Crippen molar-refractivity contribution in [2.75, 3.05) is 6.54 Å². The van der Waals surface area contributed by atoms with E-state index in [1.165, 1.54) is 10.5 Å². The lowest BCUT2D eigenvalue weighted by Crippen LogP contribution is -2.33. The summed E-state index contributed by atoms with van der Waals surface area (Å²) in [7, 11) is -3.68. The van der Waals surface area contributed by atoms with Crippen molar-refractivity contribution in [3.63, 3.8) is 0 Å². The van der Waals surface area contributed by atoms with Gasteiger partial charge in [0.2, 0.25) is 10.0 Å². The molecule has 0 aliphatic rings. The molecular formula is C20H27N5O2S. The predicted molar refractivity (Wildman–Crippen MR) is 108 cm³/mol. The molecule has 8 heteroatoms. The molecule has 0 saturated heterocycles. The monoisotopic (exact) mass is 401 g/mol. The van der Waals surface area contributed by atoms with Gasteiger partial charge in [-0.15, -0.1) is 0 Å². The minimum atomic E-state index is -3.68. The standard InChI is InChI=1S/C20H27N5O2S/c1-4-24-17(3)20(15-22-24)28(26,27)23(14-12-18-9-7-6-8-10-18)16-19-11-13-21-25(19)5-2/h6-11,13,15H,4-5,12,14,16H2,1-3H3. The topological polar surface area (TPSA) is 73.0 Å².